The smallest absolute Gasteiger partial charge is 0.228 e. The van der Waals surface area contributed by atoms with Crippen molar-refractivity contribution in [2.24, 2.45) is 0 Å². The lowest BCUT2D eigenvalue weighted by molar-refractivity contribution is -0.115. The van der Waals surface area contributed by atoms with E-state index >= 15 is 0 Å². The first-order chi connectivity index (χ1) is 10.2. The van der Waals surface area contributed by atoms with Crippen LogP contribution >= 0.6 is 0 Å². The van der Waals surface area contributed by atoms with Crippen molar-refractivity contribution in [3.63, 3.8) is 0 Å². The Morgan fingerprint density at radius 3 is 2.76 bits per heavy atom. The molecule has 1 amide bonds. The predicted octanol–water partition coefficient (Wildman–Crippen LogP) is 2.33. The van der Waals surface area contributed by atoms with E-state index in [9.17, 15) is 4.79 Å². The van der Waals surface area contributed by atoms with Gasteiger partial charge >= 0.3 is 0 Å². The molecule has 0 fully saturated rings. The molecule has 0 spiro atoms. The van der Waals surface area contributed by atoms with Crippen LogP contribution in [0.1, 0.15) is 16.7 Å². The minimum Gasteiger partial charge on any atom is -0.397 e. The summed E-state index contributed by atoms with van der Waals surface area (Å²) in [7, 11) is 0. The molecule has 2 aliphatic heterocycles. The number of fused-ring (bicyclic) bond motifs is 2. The molecule has 0 unspecified atom stereocenters. The molecule has 0 radical (unpaired) electrons. The lowest BCUT2D eigenvalue weighted by atomic mass is 9.99. The maximum Gasteiger partial charge on any atom is 0.228 e. The number of nitrogens with two attached hydrogens (primary N) is 1. The highest BCUT2D eigenvalue weighted by molar-refractivity contribution is 6.00. The SMILES string of the molecule is Nc1cc2c(cc1N1CCc3ccccc3C1)CC(=O)N2. The van der Waals surface area contributed by atoms with Crippen LogP contribution in [0.15, 0.2) is 36.4 Å². The van der Waals surface area contributed by atoms with Gasteiger partial charge in [-0.05, 0) is 35.2 Å². The van der Waals surface area contributed by atoms with Gasteiger partial charge in [-0.3, -0.25) is 4.79 Å². The molecule has 0 aromatic heterocycles. The summed E-state index contributed by atoms with van der Waals surface area (Å²) in [5, 5.41) is 2.85. The van der Waals surface area contributed by atoms with Crippen molar-refractivity contribution >= 4 is 23.0 Å². The number of anilines is 3. The van der Waals surface area contributed by atoms with E-state index in [1.165, 1.54) is 11.1 Å². The van der Waals surface area contributed by atoms with E-state index in [1.54, 1.807) is 0 Å². The first kappa shape index (κ1) is 12.3. The number of carbonyl (C=O) groups is 1. The van der Waals surface area contributed by atoms with Gasteiger partial charge in [-0.1, -0.05) is 24.3 Å². The van der Waals surface area contributed by atoms with Crippen molar-refractivity contribution < 1.29 is 4.79 Å². The molecule has 2 aromatic rings. The Kier molecular flexibility index (Phi) is 2.64. The van der Waals surface area contributed by atoms with E-state index < -0.39 is 0 Å². The van der Waals surface area contributed by atoms with Gasteiger partial charge in [-0.2, -0.15) is 0 Å². The maximum atomic E-state index is 11.5. The van der Waals surface area contributed by atoms with Crippen molar-refractivity contribution in [3.8, 4) is 0 Å². The second kappa shape index (κ2) is 4.52. The molecule has 4 heteroatoms. The number of amides is 1. The Hall–Kier alpha value is -2.49. The summed E-state index contributed by atoms with van der Waals surface area (Å²) in [5.41, 5.74) is 12.7. The molecule has 2 heterocycles. The van der Waals surface area contributed by atoms with Crippen LogP contribution in [0.3, 0.4) is 0 Å². The summed E-state index contributed by atoms with van der Waals surface area (Å²) in [6, 6.07) is 12.5. The molecular weight excluding hydrogens is 262 g/mol. The molecule has 4 nitrogen and oxygen atoms in total. The number of benzene rings is 2. The zero-order valence-electron chi connectivity index (χ0n) is 11.7. The van der Waals surface area contributed by atoms with Gasteiger partial charge in [0.25, 0.3) is 0 Å². The lowest BCUT2D eigenvalue weighted by Crippen LogP contribution is -2.30. The van der Waals surface area contributed by atoms with E-state index in [-0.39, 0.29) is 5.91 Å². The number of rotatable bonds is 1. The molecule has 0 aliphatic carbocycles. The fraction of sp³-hybridized carbons (Fsp3) is 0.235. The summed E-state index contributed by atoms with van der Waals surface area (Å²) in [5.74, 6) is 0.0468. The molecule has 0 bridgehead atoms. The standard InChI is InChI=1S/C17H17N3O/c18-14-9-15-13(8-17(21)19-15)7-16(14)20-6-5-11-3-1-2-4-12(11)10-20/h1-4,7,9H,5-6,8,10,18H2,(H,19,21). The van der Waals surface area contributed by atoms with Crippen LogP contribution in [0, 0.1) is 0 Å². The summed E-state index contributed by atoms with van der Waals surface area (Å²) in [6.45, 7) is 1.84. The second-order valence-electron chi connectivity index (χ2n) is 5.73. The molecule has 4 rings (SSSR count). The lowest BCUT2D eigenvalue weighted by Gasteiger charge is -2.32. The normalized spacial score (nSPS) is 16.4. The minimum atomic E-state index is 0.0468. The van der Waals surface area contributed by atoms with Gasteiger partial charge in [0.05, 0.1) is 17.8 Å². The Balaban J connectivity index is 1.69. The van der Waals surface area contributed by atoms with Crippen molar-refractivity contribution in [2.45, 2.75) is 19.4 Å². The highest BCUT2D eigenvalue weighted by Crippen LogP contribution is 2.35. The summed E-state index contributed by atoms with van der Waals surface area (Å²) < 4.78 is 0. The predicted molar refractivity (Wildman–Crippen MR) is 84.4 cm³/mol. The molecular formula is C17H17N3O. The maximum absolute atomic E-state index is 11.5. The Morgan fingerprint density at radius 1 is 1.10 bits per heavy atom. The van der Waals surface area contributed by atoms with Crippen LogP contribution in [-0.4, -0.2) is 12.5 Å². The number of hydrogen-bond donors (Lipinski definition) is 2. The van der Waals surface area contributed by atoms with Crippen molar-refractivity contribution in [1.82, 2.24) is 0 Å². The largest absolute Gasteiger partial charge is 0.397 e. The van der Waals surface area contributed by atoms with Crippen LogP contribution in [0.5, 0.6) is 0 Å². The molecule has 0 atom stereocenters. The molecule has 106 valence electrons. The van der Waals surface area contributed by atoms with Gasteiger partial charge in [0.1, 0.15) is 0 Å². The van der Waals surface area contributed by atoms with Crippen molar-refractivity contribution in [1.29, 1.82) is 0 Å². The monoisotopic (exact) mass is 279 g/mol. The summed E-state index contributed by atoms with van der Waals surface area (Å²) in [6.07, 6.45) is 1.48. The van der Waals surface area contributed by atoms with Crippen LogP contribution in [0.4, 0.5) is 17.1 Å². The number of hydrogen-bond acceptors (Lipinski definition) is 3. The zero-order valence-corrected chi connectivity index (χ0v) is 11.7. The number of nitrogens with one attached hydrogen (secondary N) is 1. The zero-order chi connectivity index (χ0) is 14.4. The van der Waals surface area contributed by atoms with Gasteiger partial charge in [-0.25, -0.2) is 0 Å². The van der Waals surface area contributed by atoms with E-state index in [2.05, 4.69) is 40.5 Å². The van der Waals surface area contributed by atoms with Gasteiger partial charge in [0.15, 0.2) is 0 Å². The average Bonchev–Trinajstić information content (AvgIpc) is 2.85. The van der Waals surface area contributed by atoms with Crippen molar-refractivity contribution in [2.75, 3.05) is 22.5 Å². The third-order valence-corrected chi connectivity index (χ3v) is 4.35. The van der Waals surface area contributed by atoms with Crippen LogP contribution in [-0.2, 0) is 24.2 Å². The molecule has 2 aliphatic rings. The number of nitrogen functional groups attached to an aromatic ring is 1. The molecule has 2 aromatic carbocycles. The van der Waals surface area contributed by atoms with Gasteiger partial charge in [0, 0.05) is 18.8 Å². The highest BCUT2D eigenvalue weighted by Gasteiger charge is 2.23. The minimum absolute atomic E-state index is 0.0468. The van der Waals surface area contributed by atoms with Crippen LogP contribution < -0.4 is 16.0 Å². The van der Waals surface area contributed by atoms with Gasteiger partial charge < -0.3 is 16.0 Å². The Labute approximate surface area is 123 Å². The van der Waals surface area contributed by atoms with Gasteiger partial charge in [0.2, 0.25) is 5.91 Å². The van der Waals surface area contributed by atoms with E-state index in [0.29, 0.717) is 6.42 Å². The Morgan fingerprint density at radius 2 is 1.90 bits per heavy atom. The van der Waals surface area contributed by atoms with E-state index in [1.807, 2.05) is 6.07 Å². The quantitative estimate of drug-likeness (QED) is 0.788. The van der Waals surface area contributed by atoms with Crippen molar-refractivity contribution in [3.05, 3.63) is 53.1 Å². The van der Waals surface area contributed by atoms with Gasteiger partial charge in [-0.15, -0.1) is 0 Å². The molecule has 0 saturated heterocycles. The topological polar surface area (TPSA) is 58.4 Å². The molecule has 3 N–H and O–H groups in total. The Bertz CT molecular complexity index is 739. The molecule has 21 heavy (non-hydrogen) atoms. The second-order valence-corrected chi connectivity index (χ2v) is 5.73. The fourth-order valence-electron chi connectivity index (χ4n) is 3.25. The number of carbonyl (C=O) groups excluding carboxylic acids is 1. The first-order valence-electron chi connectivity index (χ1n) is 7.25. The third kappa shape index (κ3) is 2.03. The highest BCUT2D eigenvalue weighted by atomic mass is 16.1. The van der Waals surface area contributed by atoms with E-state index in [0.717, 1.165) is 42.1 Å². The summed E-state index contributed by atoms with van der Waals surface area (Å²) in [4.78, 5) is 13.8. The average molecular weight is 279 g/mol. The first-order valence-corrected chi connectivity index (χ1v) is 7.25. The number of nitrogens with zero attached hydrogens (tertiary/aromatic N) is 1. The van der Waals surface area contributed by atoms with Crippen LogP contribution in [0.2, 0.25) is 0 Å². The fourth-order valence-corrected chi connectivity index (χ4v) is 3.25. The third-order valence-electron chi connectivity index (χ3n) is 4.35. The van der Waals surface area contributed by atoms with Crippen LogP contribution in [0.25, 0.3) is 0 Å². The molecule has 0 saturated carbocycles. The van der Waals surface area contributed by atoms with E-state index in [4.69, 9.17) is 5.73 Å². The summed E-state index contributed by atoms with van der Waals surface area (Å²) >= 11 is 0.